The number of aryl methyl sites for hydroxylation is 1. The molecule has 3 aliphatic rings. The minimum absolute atomic E-state index is 0.140. The summed E-state index contributed by atoms with van der Waals surface area (Å²) in [6, 6.07) is 5.88. The Balaban J connectivity index is 1.31. The third-order valence-electron chi connectivity index (χ3n) is 7.20. The maximum atomic E-state index is 12.1. The summed E-state index contributed by atoms with van der Waals surface area (Å²) in [7, 11) is 0. The number of carboxylic acids is 1. The van der Waals surface area contributed by atoms with Gasteiger partial charge in [-0.1, -0.05) is 0 Å². The summed E-state index contributed by atoms with van der Waals surface area (Å²) in [5.74, 6) is -0.286. The number of nitrogens with zero attached hydrogens (tertiary/aromatic N) is 2. The van der Waals surface area contributed by atoms with Gasteiger partial charge in [0, 0.05) is 60.1 Å². The molecule has 1 saturated carbocycles. The Bertz CT molecular complexity index is 1240. The zero-order valence-electron chi connectivity index (χ0n) is 19.0. The van der Waals surface area contributed by atoms with Gasteiger partial charge in [-0.05, 0) is 48.9 Å². The van der Waals surface area contributed by atoms with Crippen LogP contribution in [0.25, 0.3) is 22.5 Å². The van der Waals surface area contributed by atoms with Crippen LogP contribution in [0.2, 0.25) is 0 Å². The zero-order valence-corrected chi connectivity index (χ0v) is 19.0. The van der Waals surface area contributed by atoms with Gasteiger partial charge in [0.05, 0.1) is 30.2 Å². The number of fused-ring (bicyclic) bond motifs is 3. The Morgan fingerprint density at radius 3 is 2.74 bits per heavy atom. The Morgan fingerprint density at radius 1 is 1.21 bits per heavy atom. The molecule has 0 unspecified atom stereocenters. The summed E-state index contributed by atoms with van der Waals surface area (Å²) in [5, 5.41) is 9.95. The van der Waals surface area contributed by atoms with Crippen molar-refractivity contribution in [3.05, 3.63) is 53.0 Å². The first-order chi connectivity index (χ1) is 16.5. The van der Waals surface area contributed by atoms with E-state index >= 15 is 0 Å². The number of pyridine rings is 2. The highest BCUT2D eigenvalue weighted by Gasteiger charge is 2.40. The average Bonchev–Trinajstić information content (AvgIpc) is 3.45. The van der Waals surface area contributed by atoms with Crippen LogP contribution in [0.5, 0.6) is 5.88 Å². The van der Waals surface area contributed by atoms with Gasteiger partial charge in [0.15, 0.2) is 0 Å². The van der Waals surface area contributed by atoms with Crippen molar-refractivity contribution in [2.45, 2.75) is 56.6 Å². The van der Waals surface area contributed by atoms with Gasteiger partial charge in [0.2, 0.25) is 5.88 Å². The first-order valence-corrected chi connectivity index (χ1v) is 12.0. The first kappa shape index (κ1) is 21.3. The van der Waals surface area contributed by atoms with E-state index in [9.17, 15) is 9.90 Å². The fourth-order valence-electron chi connectivity index (χ4n) is 5.06. The van der Waals surface area contributed by atoms with Gasteiger partial charge >= 0.3 is 5.97 Å². The van der Waals surface area contributed by atoms with Gasteiger partial charge in [-0.25, -0.2) is 9.78 Å². The van der Waals surface area contributed by atoms with Crippen molar-refractivity contribution in [3.63, 3.8) is 0 Å². The van der Waals surface area contributed by atoms with Crippen LogP contribution in [0.3, 0.4) is 0 Å². The van der Waals surface area contributed by atoms with Crippen molar-refractivity contribution < 1.29 is 19.4 Å². The fraction of sp³-hybridized carbons (Fsp3) is 0.423. The molecule has 0 amide bonds. The lowest BCUT2D eigenvalue weighted by Gasteiger charge is -2.22. The van der Waals surface area contributed by atoms with Gasteiger partial charge in [-0.2, -0.15) is 0 Å². The minimum atomic E-state index is -0.890. The third-order valence-corrected chi connectivity index (χ3v) is 7.20. The second kappa shape index (κ2) is 8.21. The molecule has 3 aromatic heterocycles. The maximum Gasteiger partial charge on any atom is 0.337 e. The van der Waals surface area contributed by atoms with Crippen LogP contribution < -0.4 is 10.5 Å². The van der Waals surface area contributed by atoms with Crippen molar-refractivity contribution in [1.82, 2.24) is 15.0 Å². The molecule has 6 rings (SSSR count). The molecular weight excluding hydrogens is 432 g/mol. The monoisotopic (exact) mass is 460 g/mol. The number of rotatable bonds is 6. The van der Waals surface area contributed by atoms with E-state index in [2.05, 4.69) is 15.0 Å². The van der Waals surface area contributed by atoms with Crippen molar-refractivity contribution in [3.8, 4) is 28.4 Å². The maximum absolute atomic E-state index is 12.1. The molecule has 34 heavy (non-hydrogen) atoms. The van der Waals surface area contributed by atoms with E-state index in [1.165, 1.54) is 0 Å². The van der Waals surface area contributed by atoms with E-state index in [4.69, 9.17) is 15.2 Å². The van der Waals surface area contributed by atoms with Crippen LogP contribution in [0.1, 0.15) is 52.9 Å². The molecule has 176 valence electrons. The predicted molar refractivity (Wildman–Crippen MR) is 126 cm³/mol. The molecule has 1 saturated heterocycles. The van der Waals surface area contributed by atoms with E-state index in [1.54, 1.807) is 6.20 Å². The number of ether oxygens (including phenoxy) is 2. The van der Waals surface area contributed by atoms with E-state index in [1.807, 2.05) is 24.4 Å². The standard InChI is InChI=1S/C26H28N4O4/c27-26(7-8-26)12-21-23(25(31)32)18-3-1-15-13-28-20(11-19(15)24(18)30-21)16-2-4-22(29-14-16)34-17-5-9-33-10-6-17/h2,4,11,13-14,17,30H,1,3,5-10,12,27H2,(H,31,32). The quantitative estimate of drug-likeness (QED) is 0.514. The second-order valence-electron chi connectivity index (χ2n) is 9.72. The van der Waals surface area contributed by atoms with Crippen LogP contribution in [0.15, 0.2) is 30.6 Å². The molecule has 2 aliphatic carbocycles. The van der Waals surface area contributed by atoms with Crippen molar-refractivity contribution >= 4 is 5.97 Å². The molecule has 0 radical (unpaired) electrons. The lowest BCUT2D eigenvalue weighted by molar-refractivity contribution is 0.0237. The second-order valence-corrected chi connectivity index (χ2v) is 9.72. The number of carbonyl (C=O) groups is 1. The van der Waals surface area contributed by atoms with E-state index in [-0.39, 0.29) is 11.6 Å². The largest absolute Gasteiger partial charge is 0.478 e. The van der Waals surface area contributed by atoms with Crippen molar-refractivity contribution in [1.29, 1.82) is 0 Å². The highest BCUT2D eigenvalue weighted by Crippen LogP contribution is 2.41. The summed E-state index contributed by atoms with van der Waals surface area (Å²) < 4.78 is 11.4. The van der Waals surface area contributed by atoms with Gasteiger partial charge in [0.25, 0.3) is 0 Å². The lowest BCUT2D eigenvalue weighted by atomic mass is 9.88. The molecule has 1 aliphatic heterocycles. The number of hydrogen-bond acceptors (Lipinski definition) is 6. The minimum Gasteiger partial charge on any atom is -0.478 e. The molecule has 4 N–H and O–H groups in total. The topological polar surface area (TPSA) is 123 Å². The molecule has 0 aromatic carbocycles. The van der Waals surface area contributed by atoms with Crippen LogP contribution >= 0.6 is 0 Å². The molecule has 0 bridgehead atoms. The Morgan fingerprint density at radius 2 is 2.03 bits per heavy atom. The van der Waals surface area contributed by atoms with E-state index in [0.717, 1.165) is 84.7 Å². The SMILES string of the molecule is NC1(Cc2[nH]c3c(c2C(=O)O)CCc2cnc(-c4ccc(OC5CCOCC5)nc4)cc2-3)CC1. The summed E-state index contributed by atoms with van der Waals surface area (Å²) in [6.45, 7) is 1.44. The van der Waals surface area contributed by atoms with Crippen LogP contribution in [0, 0.1) is 0 Å². The Hall–Kier alpha value is -3.23. The van der Waals surface area contributed by atoms with Gasteiger partial charge in [-0.15, -0.1) is 0 Å². The molecule has 4 heterocycles. The van der Waals surface area contributed by atoms with Crippen molar-refractivity contribution in [2.75, 3.05) is 13.2 Å². The van der Waals surface area contributed by atoms with Crippen LogP contribution in [0.4, 0.5) is 0 Å². The van der Waals surface area contributed by atoms with Gasteiger partial charge in [0.1, 0.15) is 6.10 Å². The predicted octanol–water partition coefficient (Wildman–Crippen LogP) is 3.53. The fourth-order valence-corrected chi connectivity index (χ4v) is 5.06. The number of carboxylic acid groups (broad SMARTS) is 1. The lowest BCUT2D eigenvalue weighted by Crippen LogP contribution is -2.26. The van der Waals surface area contributed by atoms with Crippen LogP contribution in [-0.2, 0) is 24.0 Å². The van der Waals surface area contributed by atoms with E-state index in [0.29, 0.717) is 24.3 Å². The van der Waals surface area contributed by atoms with E-state index < -0.39 is 5.97 Å². The average molecular weight is 461 g/mol. The summed E-state index contributed by atoms with van der Waals surface area (Å²) in [6.07, 6.45) is 9.43. The Kier molecular flexibility index (Phi) is 5.15. The molecule has 8 nitrogen and oxygen atoms in total. The summed E-state index contributed by atoms with van der Waals surface area (Å²) in [4.78, 5) is 24.7. The number of aromatic carboxylic acids is 1. The molecule has 0 spiro atoms. The highest BCUT2D eigenvalue weighted by atomic mass is 16.5. The summed E-state index contributed by atoms with van der Waals surface area (Å²) in [5.41, 5.74) is 12.7. The third kappa shape index (κ3) is 3.97. The molecular formula is C26H28N4O4. The smallest absolute Gasteiger partial charge is 0.337 e. The normalized spacial score (nSPS) is 18.7. The van der Waals surface area contributed by atoms with Crippen molar-refractivity contribution in [2.24, 2.45) is 5.73 Å². The number of nitrogens with two attached hydrogens (primary N) is 1. The van der Waals surface area contributed by atoms with Gasteiger partial charge in [-0.3, -0.25) is 4.98 Å². The Labute approximate surface area is 197 Å². The number of H-pyrrole nitrogens is 1. The highest BCUT2D eigenvalue weighted by molar-refractivity contribution is 5.95. The zero-order chi connectivity index (χ0) is 23.3. The van der Waals surface area contributed by atoms with Gasteiger partial charge < -0.3 is 25.3 Å². The number of aromatic nitrogens is 3. The number of hydrogen-bond donors (Lipinski definition) is 3. The molecule has 3 aromatic rings. The molecule has 0 atom stereocenters. The number of nitrogens with one attached hydrogen (secondary N) is 1. The molecule has 2 fully saturated rings. The van der Waals surface area contributed by atoms with Crippen LogP contribution in [-0.4, -0.2) is 50.9 Å². The first-order valence-electron chi connectivity index (χ1n) is 12.0. The summed E-state index contributed by atoms with van der Waals surface area (Å²) >= 11 is 0. The molecule has 8 heteroatoms. The number of aromatic amines is 1.